The number of thiophene rings is 1. The first-order valence-electron chi connectivity index (χ1n) is 6.39. The van der Waals surface area contributed by atoms with Crippen LogP contribution < -0.4 is 0 Å². The molecule has 1 amide bonds. The van der Waals surface area contributed by atoms with E-state index < -0.39 is 11.9 Å². The van der Waals surface area contributed by atoms with Gasteiger partial charge in [-0.3, -0.25) is 9.59 Å². The maximum Gasteiger partial charge on any atom is 0.308 e. The summed E-state index contributed by atoms with van der Waals surface area (Å²) in [5.74, 6) is -1.30. The van der Waals surface area contributed by atoms with Crippen LogP contribution in [0.2, 0.25) is 0 Å². The Morgan fingerprint density at radius 3 is 2.63 bits per heavy atom. The normalized spacial score (nSPS) is 24.6. The standard InChI is InChI=1S/C14H19NO3S/c1-14(2,3)15-11(16)5-4-10(13(17)18)12(15)9-6-7-19-8-9/h6-8,10,12H,4-5H2,1-3H3,(H,17,18). The molecule has 2 atom stereocenters. The van der Waals surface area contributed by atoms with Crippen LogP contribution in [0, 0.1) is 5.92 Å². The van der Waals surface area contributed by atoms with Crippen LogP contribution in [-0.4, -0.2) is 27.4 Å². The molecule has 0 bridgehead atoms. The summed E-state index contributed by atoms with van der Waals surface area (Å²) in [6.07, 6.45) is 0.732. The van der Waals surface area contributed by atoms with Crippen molar-refractivity contribution in [1.82, 2.24) is 4.90 Å². The average molecular weight is 281 g/mol. The second-order valence-corrected chi connectivity index (χ2v) is 6.70. The number of hydrogen-bond donors (Lipinski definition) is 1. The Bertz CT molecular complexity index is 475. The zero-order chi connectivity index (χ0) is 14.2. The van der Waals surface area contributed by atoms with Crippen molar-refractivity contribution in [2.45, 2.75) is 45.2 Å². The highest BCUT2D eigenvalue weighted by Gasteiger charge is 2.44. The van der Waals surface area contributed by atoms with Gasteiger partial charge in [0, 0.05) is 12.0 Å². The fraction of sp³-hybridized carbons (Fsp3) is 0.571. The average Bonchev–Trinajstić information content (AvgIpc) is 2.79. The van der Waals surface area contributed by atoms with E-state index in [4.69, 9.17) is 0 Å². The number of likely N-dealkylation sites (tertiary alicyclic amines) is 1. The third kappa shape index (κ3) is 2.66. The lowest BCUT2D eigenvalue weighted by Gasteiger charge is -2.47. The molecule has 1 fully saturated rings. The monoisotopic (exact) mass is 281 g/mol. The van der Waals surface area contributed by atoms with Crippen molar-refractivity contribution in [3.8, 4) is 0 Å². The molecule has 1 N–H and O–H groups in total. The molecule has 1 aromatic heterocycles. The van der Waals surface area contributed by atoms with E-state index >= 15 is 0 Å². The molecular weight excluding hydrogens is 262 g/mol. The minimum atomic E-state index is -0.821. The molecule has 2 rings (SSSR count). The summed E-state index contributed by atoms with van der Waals surface area (Å²) in [6.45, 7) is 5.86. The van der Waals surface area contributed by atoms with Crippen molar-refractivity contribution in [1.29, 1.82) is 0 Å². The Balaban J connectivity index is 2.47. The second-order valence-electron chi connectivity index (χ2n) is 5.92. The van der Waals surface area contributed by atoms with Gasteiger partial charge in [0.1, 0.15) is 0 Å². The van der Waals surface area contributed by atoms with E-state index in [-0.39, 0.29) is 17.5 Å². The summed E-state index contributed by atoms with van der Waals surface area (Å²) in [7, 11) is 0. The summed E-state index contributed by atoms with van der Waals surface area (Å²) in [4.78, 5) is 25.5. The number of carbonyl (C=O) groups is 2. The number of hydrogen-bond acceptors (Lipinski definition) is 3. The van der Waals surface area contributed by atoms with Crippen LogP contribution in [0.3, 0.4) is 0 Å². The summed E-state index contributed by atoms with van der Waals surface area (Å²) >= 11 is 1.53. The van der Waals surface area contributed by atoms with Crippen LogP contribution in [0.25, 0.3) is 0 Å². The Hall–Kier alpha value is -1.36. The number of piperidine rings is 1. The zero-order valence-electron chi connectivity index (χ0n) is 11.4. The molecule has 104 valence electrons. The predicted octanol–water partition coefficient (Wildman–Crippen LogP) is 2.91. The molecule has 0 aliphatic carbocycles. The third-order valence-electron chi connectivity index (χ3n) is 3.52. The molecule has 0 aromatic carbocycles. The Morgan fingerprint density at radius 2 is 2.16 bits per heavy atom. The van der Waals surface area contributed by atoms with Gasteiger partial charge in [-0.05, 0) is 49.6 Å². The molecular formula is C14H19NO3S. The Labute approximate surface area is 117 Å². The molecule has 4 nitrogen and oxygen atoms in total. The van der Waals surface area contributed by atoms with E-state index in [0.717, 1.165) is 5.56 Å². The molecule has 0 radical (unpaired) electrons. The Morgan fingerprint density at radius 1 is 1.47 bits per heavy atom. The summed E-state index contributed by atoms with van der Waals surface area (Å²) < 4.78 is 0. The van der Waals surface area contributed by atoms with Crippen LogP contribution >= 0.6 is 11.3 Å². The van der Waals surface area contributed by atoms with E-state index in [0.29, 0.717) is 12.8 Å². The maximum atomic E-state index is 12.3. The lowest BCUT2D eigenvalue weighted by Crippen LogP contribution is -2.53. The van der Waals surface area contributed by atoms with Crippen molar-refractivity contribution in [2.24, 2.45) is 5.92 Å². The minimum absolute atomic E-state index is 0.0428. The van der Waals surface area contributed by atoms with Crippen LogP contribution in [0.15, 0.2) is 16.8 Å². The first-order valence-corrected chi connectivity index (χ1v) is 7.33. The number of amides is 1. The lowest BCUT2D eigenvalue weighted by atomic mass is 9.82. The van der Waals surface area contributed by atoms with Crippen molar-refractivity contribution in [3.63, 3.8) is 0 Å². The van der Waals surface area contributed by atoms with Gasteiger partial charge >= 0.3 is 5.97 Å². The fourth-order valence-electron chi connectivity index (χ4n) is 2.77. The summed E-state index contributed by atoms with van der Waals surface area (Å²) in [5.41, 5.74) is 0.554. The Kier molecular flexibility index (Phi) is 3.67. The molecule has 0 spiro atoms. The number of aliphatic carboxylic acids is 1. The predicted molar refractivity (Wildman–Crippen MR) is 74.0 cm³/mol. The third-order valence-corrected chi connectivity index (χ3v) is 4.22. The molecule has 1 aliphatic rings. The smallest absolute Gasteiger partial charge is 0.308 e. The van der Waals surface area contributed by atoms with Crippen molar-refractivity contribution < 1.29 is 14.7 Å². The quantitative estimate of drug-likeness (QED) is 0.906. The van der Waals surface area contributed by atoms with Gasteiger partial charge in [-0.1, -0.05) is 0 Å². The minimum Gasteiger partial charge on any atom is -0.481 e. The van der Waals surface area contributed by atoms with E-state index in [1.54, 1.807) is 4.90 Å². The van der Waals surface area contributed by atoms with Gasteiger partial charge < -0.3 is 10.0 Å². The van der Waals surface area contributed by atoms with Gasteiger partial charge in [-0.15, -0.1) is 0 Å². The molecule has 1 aromatic rings. The van der Waals surface area contributed by atoms with Crippen LogP contribution in [0.4, 0.5) is 0 Å². The molecule has 2 unspecified atom stereocenters. The fourth-order valence-corrected chi connectivity index (χ4v) is 3.46. The van der Waals surface area contributed by atoms with E-state index in [9.17, 15) is 14.7 Å². The number of rotatable bonds is 2. The van der Waals surface area contributed by atoms with Crippen LogP contribution in [0.5, 0.6) is 0 Å². The zero-order valence-corrected chi connectivity index (χ0v) is 12.2. The topological polar surface area (TPSA) is 57.6 Å². The lowest BCUT2D eigenvalue weighted by molar-refractivity contribution is -0.156. The van der Waals surface area contributed by atoms with Gasteiger partial charge in [-0.25, -0.2) is 0 Å². The highest BCUT2D eigenvalue weighted by atomic mass is 32.1. The number of carboxylic acid groups (broad SMARTS) is 1. The van der Waals surface area contributed by atoms with Gasteiger partial charge in [0.05, 0.1) is 12.0 Å². The molecule has 0 saturated carbocycles. The van der Waals surface area contributed by atoms with Crippen molar-refractivity contribution >= 4 is 23.2 Å². The molecule has 2 heterocycles. The van der Waals surface area contributed by atoms with E-state index in [1.807, 2.05) is 37.6 Å². The van der Waals surface area contributed by atoms with Crippen LogP contribution in [-0.2, 0) is 9.59 Å². The number of carbonyl (C=O) groups excluding carboxylic acids is 1. The summed E-state index contributed by atoms with van der Waals surface area (Å²) in [6, 6.07) is 1.56. The SMILES string of the molecule is CC(C)(C)N1C(=O)CCC(C(=O)O)C1c1ccsc1. The highest BCUT2D eigenvalue weighted by molar-refractivity contribution is 7.08. The van der Waals surface area contributed by atoms with E-state index in [1.165, 1.54) is 11.3 Å². The first-order chi connectivity index (χ1) is 8.82. The van der Waals surface area contributed by atoms with Crippen LogP contribution in [0.1, 0.15) is 45.2 Å². The van der Waals surface area contributed by atoms with Gasteiger partial charge in [0.2, 0.25) is 5.91 Å². The number of nitrogens with zero attached hydrogens (tertiary/aromatic N) is 1. The largest absolute Gasteiger partial charge is 0.481 e. The van der Waals surface area contributed by atoms with Gasteiger partial charge in [0.25, 0.3) is 0 Å². The van der Waals surface area contributed by atoms with Crippen molar-refractivity contribution in [3.05, 3.63) is 22.4 Å². The van der Waals surface area contributed by atoms with Gasteiger partial charge in [0.15, 0.2) is 0 Å². The van der Waals surface area contributed by atoms with Gasteiger partial charge in [-0.2, -0.15) is 11.3 Å². The summed E-state index contributed by atoms with van der Waals surface area (Å²) in [5, 5.41) is 13.3. The molecule has 5 heteroatoms. The second kappa shape index (κ2) is 4.96. The molecule has 19 heavy (non-hydrogen) atoms. The maximum absolute atomic E-state index is 12.3. The molecule has 1 saturated heterocycles. The molecule has 1 aliphatic heterocycles. The first kappa shape index (κ1) is 14.1. The highest BCUT2D eigenvalue weighted by Crippen LogP contribution is 2.41. The van der Waals surface area contributed by atoms with Crippen molar-refractivity contribution in [2.75, 3.05) is 0 Å². The number of carboxylic acids is 1. The van der Waals surface area contributed by atoms with E-state index in [2.05, 4.69) is 0 Å².